The molecular formula is C8H6N2O4. The molecule has 1 rings (SSSR count). The Bertz CT molecular complexity index is 413. The molecule has 0 saturated heterocycles. The van der Waals surface area contributed by atoms with Gasteiger partial charge >= 0.3 is 11.9 Å². The molecule has 0 aromatic carbocycles. The lowest BCUT2D eigenvalue weighted by atomic mass is 9.97. The Balaban J connectivity index is 3.20. The van der Waals surface area contributed by atoms with Crippen molar-refractivity contribution in [2.24, 2.45) is 0 Å². The van der Waals surface area contributed by atoms with Crippen LogP contribution in [-0.2, 0) is 9.59 Å². The lowest BCUT2D eigenvalue weighted by Gasteiger charge is -2.05. The van der Waals surface area contributed by atoms with Crippen LogP contribution in [0.15, 0.2) is 23.3 Å². The first kappa shape index (κ1) is 9.88. The fraction of sp³-hybridized carbons (Fsp3) is 0.125. The fourth-order valence-corrected chi connectivity index (χ4v) is 1.07. The molecule has 0 heterocycles. The second kappa shape index (κ2) is 3.68. The van der Waals surface area contributed by atoms with Crippen LogP contribution in [-0.4, -0.2) is 32.7 Å². The van der Waals surface area contributed by atoms with E-state index in [0.717, 1.165) is 6.08 Å². The molecule has 0 unspecified atom stereocenters. The molecule has 0 radical (unpaired) electrons. The summed E-state index contributed by atoms with van der Waals surface area (Å²) in [6, 6.07) is 0. The second-order valence-corrected chi connectivity index (χ2v) is 2.58. The van der Waals surface area contributed by atoms with Crippen molar-refractivity contribution in [2.45, 2.75) is 6.42 Å². The molecule has 0 amide bonds. The minimum Gasteiger partial charge on any atom is -0.478 e. The van der Waals surface area contributed by atoms with Gasteiger partial charge in [-0.15, -0.1) is 0 Å². The van der Waals surface area contributed by atoms with Gasteiger partial charge in [0.15, 0.2) is 0 Å². The molecule has 72 valence electrons. The maximum absolute atomic E-state index is 10.6. The van der Waals surface area contributed by atoms with Crippen molar-refractivity contribution in [3.63, 3.8) is 0 Å². The first-order valence-corrected chi connectivity index (χ1v) is 3.66. The van der Waals surface area contributed by atoms with Gasteiger partial charge in [-0.25, -0.2) is 9.59 Å². The standard InChI is InChI=1S/C8H6N2O4/c9-10-4-1-2-5(7(11)12)6(3-4)8(13)14/h2-3H,1H2,(H,11,12)(H,13,14). The number of carbonyl (C=O) groups is 2. The van der Waals surface area contributed by atoms with Crippen LogP contribution in [0.1, 0.15) is 6.42 Å². The maximum Gasteiger partial charge on any atom is 0.336 e. The molecule has 6 nitrogen and oxygen atoms in total. The van der Waals surface area contributed by atoms with Crippen LogP contribution >= 0.6 is 0 Å². The van der Waals surface area contributed by atoms with Gasteiger partial charge in [0.05, 0.1) is 17.6 Å². The first-order chi connectivity index (χ1) is 6.56. The molecule has 1 aliphatic carbocycles. The SMILES string of the molecule is [N-]=[N+]=C1C=C(C(=O)O)C(C(=O)O)=CC1. The van der Waals surface area contributed by atoms with Crippen molar-refractivity contribution < 1.29 is 24.6 Å². The minimum atomic E-state index is -1.36. The summed E-state index contributed by atoms with van der Waals surface area (Å²) in [5.41, 5.74) is 7.84. The van der Waals surface area contributed by atoms with E-state index >= 15 is 0 Å². The summed E-state index contributed by atoms with van der Waals surface area (Å²) in [7, 11) is 0. The highest BCUT2D eigenvalue weighted by Crippen LogP contribution is 2.17. The molecule has 14 heavy (non-hydrogen) atoms. The topological polar surface area (TPSA) is 111 Å². The number of hydrogen-bond donors (Lipinski definition) is 2. The minimum absolute atomic E-state index is 0.106. The van der Waals surface area contributed by atoms with E-state index in [1.807, 2.05) is 0 Å². The van der Waals surface area contributed by atoms with Crippen molar-refractivity contribution in [1.29, 1.82) is 0 Å². The summed E-state index contributed by atoms with van der Waals surface area (Å²) in [5.74, 6) is -2.67. The van der Waals surface area contributed by atoms with Crippen molar-refractivity contribution in [1.82, 2.24) is 0 Å². The lowest BCUT2D eigenvalue weighted by Crippen LogP contribution is -2.16. The molecule has 0 aromatic rings. The van der Waals surface area contributed by atoms with Gasteiger partial charge in [-0.2, -0.15) is 4.79 Å². The molecule has 0 atom stereocenters. The number of rotatable bonds is 2. The number of nitrogens with zero attached hydrogens (tertiary/aromatic N) is 2. The molecule has 0 bridgehead atoms. The summed E-state index contributed by atoms with van der Waals surface area (Å²) < 4.78 is 0. The Morgan fingerprint density at radius 3 is 2.29 bits per heavy atom. The van der Waals surface area contributed by atoms with Gasteiger partial charge in [-0.05, 0) is 0 Å². The van der Waals surface area contributed by atoms with Crippen LogP contribution in [0.2, 0.25) is 0 Å². The highest BCUT2D eigenvalue weighted by atomic mass is 16.4. The van der Waals surface area contributed by atoms with E-state index < -0.39 is 11.9 Å². The molecule has 0 aliphatic heterocycles. The Labute approximate surface area is 78.4 Å². The average molecular weight is 194 g/mol. The van der Waals surface area contributed by atoms with Gasteiger partial charge in [0, 0.05) is 6.08 Å². The van der Waals surface area contributed by atoms with E-state index in [0.29, 0.717) is 0 Å². The number of allylic oxidation sites excluding steroid dienone is 2. The van der Waals surface area contributed by atoms with Gasteiger partial charge in [-0.3, -0.25) is 0 Å². The van der Waals surface area contributed by atoms with Gasteiger partial charge in [0.2, 0.25) is 0 Å². The number of carboxylic acids is 2. The third-order valence-electron chi connectivity index (χ3n) is 1.71. The van der Waals surface area contributed by atoms with E-state index in [-0.39, 0.29) is 23.3 Å². The Kier molecular flexibility index (Phi) is 2.59. The molecular weight excluding hydrogens is 188 g/mol. The van der Waals surface area contributed by atoms with E-state index in [9.17, 15) is 9.59 Å². The Morgan fingerprint density at radius 2 is 1.86 bits per heavy atom. The van der Waals surface area contributed by atoms with Crippen molar-refractivity contribution in [3.8, 4) is 0 Å². The molecule has 0 fully saturated rings. The smallest absolute Gasteiger partial charge is 0.336 e. The Morgan fingerprint density at radius 1 is 1.29 bits per heavy atom. The van der Waals surface area contributed by atoms with E-state index in [1.54, 1.807) is 0 Å². The van der Waals surface area contributed by atoms with E-state index in [4.69, 9.17) is 15.7 Å². The van der Waals surface area contributed by atoms with Gasteiger partial charge in [0.1, 0.15) is 0 Å². The van der Waals surface area contributed by atoms with Crippen molar-refractivity contribution in [2.75, 3.05) is 0 Å². The quantitative estimate of drug-likeness (QED) is 0.479. The van der Waals surface area contributed by atoms with Crippen LogP contribution < -0.4 is 0 Å². The van der Waals surface area contributed by atoms with Crippen molar-refractivity contribution in [3.05, 3.63) is 28.8 Å². The average Bonchev–Trinajstić information content (AvgIpc) is 2.16. The number of carboxylic acid groups (broad SMARTS) is 2. The van der Waals surface area contributed by atoms with Crippen LogP contribution in [0, 0.1) is 0 Å². The second-order valence-electron chi connectivity index (χ2n) is 2.58. The summed E-state index contributed by atoms with van der Waals surface area (Å²) in [6.45, 7) is 0. The highest BCUT2D eigenvalue weighted by Gasteiger charge is 2.25. The highest BCUT2D eigenvalue weighted by molar-refractivity contribution is 6.12. The summed E-state index contributed by atoms with van der Waals surface area (Å²) in [4.78, 5) is 24.0. The van der Waals surface area contributed by atoms with Gasteiger partial charge in [-0.1, -0.05) is 6.08 Å². The lowest BCUT2D eigenvalue weighted by molar-refractivity contribution is -0.136. The zero-order valence-corrected chi connectivity index (χ0v) is 6.97. The largest absolute Gasteiger partial charge is 0.478 e. The molecule has 2 N–H and O–H groups in total. The summed E-state index contributed by atoms with van der Waals surface area (Å²) in [6.07, 6.45) is 2.33. The number of hydrogen-bond acceptors (Lipinski definition) is 2. The normalized spacial score (nSPS) is 15.3. The molecule has 0 aromatic heterocycles. The zero-order valence-electron chi connectivity index (χ0n) is 6.97. The monoisotopic (exact) mass is 194 g/mol. The van der Waals surface area contributed by atoms with Gasteiger partial charge in [0.25, 0.3) is 5.71 Å². The van der Waals surface area contributed by atoms with Crippen LogP contribution in [0.5, 0.6) is 0 Å². The molecule has 1 aliphatic rings. The maximum atomic E-state index is 10.6. The summed E-state index contributed by atoms with van der Waals surface area (Å²) >= 11 is 0. The third kappa shape index (κ3) is 1.75. The van der Waals surface area contributed by atoms with E-state index in [1.165, 1.54) is 6.08 Å². The first-order valence-electron chi connectivity index (χ1n) is 3.66. The predicted octanol–water partition coefficient (Wildman–Crippen LogP) is 0.0829. The molecule has 0 saturated carbocycles. The van der Waals surface area contributed by atoms with Crippen LogP contribution in [0.4, 0.5) is 0 Å². The van der Waals surface area contributed by atoms with Crippen molar-refractivity contribution >= 4 is 17.7 Å². The van der Waals surface area contributed by atoms with Gasteiger partial charge < -0.3 is 15.7 Å². The fourth-order valence-electron chi connectivity index (χ4n) is 1.07. The predicted molar refractivity (Wildman–Crippen MR) is 44.7 cm³/mol. The zero-order chi connectivity index (χ0) is 10.7. The Hall–Kier alpha value is -2.20. The third-order valence-corrected chi connectivity index (χ3v) is 1.71. The van der Waals surface area contributed by atoms with Crippen LogP contribution in [0.3, 0.4) is 0 Å². The van der Waals surface area contributed by atoms with Crippen LogP contribution in [0.25, 0.3) is 5.53 Å². The molecule has 0 spiro atoms. The number of aliphatic carboxylic acids is 2. The summed E-state index contributed by atoms with van der Waals surface area (Å²) in [5, 5.41) is 17.3. The van der Waals surface area contributed by atoms with E-state index in [2.05, 4.69) is 4.79 Å². The molecule has 6 heteroatoms.